The minimum atomic E-state index is -0.775. The van der Waals surface area contributed by atoms with Crippen LogP contribution in [0.5, 0.6) is 5.88 Å². The van der Waals surface area contributed by atoms with E-state index in [2.05, 4.69) is 10.3 Å². The summed E-state index contributed by atoms with van der Waals surface area (Å²) in [6.45, 7) is 3.07. The first-order chi connectivity index (χ1) is 14.2. The predicted octanol–water partition coefficient (Wildman–Crippen LogP) is 3.72. The van der Waals surface area contributed by atoms with Gasteiger partial charge in [-0.2, -0.15) is 4.98 Å². The first-order valence-electron chi connectivity index (χ1n) is 8.92. The van der Waals surface area contributed by atoms with Crippen LogP contribution in [0, 0.1) is 25.5 Å². The van der Waals surface area contributed by atoms with Gasteiger partial charge in [0, 0.05) is 24.2 Å². The Morgan fingerprint density at radius 1 is 1.20 bits per heavy atom. The molecule has 0 saturated carbocycles. The van der Waals surface area contributed by atoms with Crippen molar-refractivity contribution >= 4 is 17.5 Å². The van der Waals surface area contributed by atoms with Crippen molar-refractivity contribution in [1.29, 1.82) is 0 Å². The predicted molar refractivity (Wildman–Crippen MR) is 108 cm³/mol. The number of amides is 1. The van der Waals surface area contributed by atoms with Gasteiger partial charge in [0.1, 0.15) is 24.1 Å². The highest BCUT2D eigenvalue weighted by Gasteiger charge is 2.18. The van der Waals surface area contributed by atoms with Crippen LogP contribution in [0.4, 0.5) is 8.78 Å². The van der Waals surface area contributed by atoms with E-state index in [4.69, 9.17) is 16.3 Å². The summed E-state index contributed by atoms with van der Waals surface area (Å²) in [7, 11) is 1.53. The molecule has 0 aliphatic rings. The molecule has 9 heteroatoms. The molecule has 30 heavy (non-hydrogen) atoms. The van der Waals surface area contributed by atoms with E-state index in [1.807, 2.05) is 0 Å². The summed E-state index contributed by atoms with van der Waals surface area (Å²) in [4.78, 5) is 28.9. The number of nitrogens with zero attached hydrogens (tertiary/aromatic N) is 2. The Bertz CT molecular complexity index is 1190. The van der Waals surface area contributed by atoms with Crippen molar-refractivity contribution in [2.24, 2.45) is 0 Å². The second-order valence-corrected chi connectivity index (χ2v) is 6.90. The van der Waals surface area contributed by atoms with Gasteiger partial charge in [-0.25, -0.2) is 8.78 Å². The lowest BCUT2D eigenvalue weighted by Crippen LogP contribution is -2.25. The van der Waals surface area contributed by atoms with Gasteiger partial charge in [-0.3, -0.25) is 14.2 Å². The number of aryl methyl sites for hydroxylation is 2. The molecule has 0 radical (unpaired) electrons. The summed E-state index contributed by atoms with van der Waals surface area (Å²) in [6, 6.07) is 7.94. The maximum absolute atomic E-state index is 13.8. The second kappa shape index (κ2) is 8.62. The average Bonchev–Trinajstić information content (AvgIpc) is 2.71. The van der Waals surface area contributed by atoms with Crippen molar-refractivity contribution in [3.63, 3.8) is 0 Å². The Kier molecular flexibility index (Phi) is 6.17. The smallest absolute Gasteiger partial charge is 0.280 e. The minimum Gasteiger partial charge on any atom is -0.471 e. The SMILES string of the molecule is CNC(=O)c1ccc(-n2c(C)nc(OCc3ccc(F)cc3F)c(Cl)c2=O)c(C)c1. The highest BCUT2D eigenvalue weighted by molar-refractivity contribution is 6.31. The molecule has 0 unspecified atom stereocenters. The number of aromatic nitrogens is 2. The van der Waals surface area contributed by atoms with Gasteiger partial charge in [-0.15, -0.1) is 0 Å². The van der Waals surface area contributed by atoms with E-state index in [1.54, 1.807) is 32.0 Å². The Labute approximate surface area is 176 Å². The summed E-state index contributed by atoms with van der Waals surface area (Å²) >= 11 is 6.17. The van der Waals surface area contributed by atoms with Gasteiger partial charge >= 0.3 is 0 Å². The molecule has 1 aromatic heterocycles. The third-order valence-electron chi connectivity index (χ3n) is 4.47. The van der Waals surface area contributed by atoms with Crippen LogP contribution in [0.2, 0.25) is 5.02 Å². The van der Waals surface area contributed by atoms with Crippen molar-refractivity contribution in [3.8, 4) is 11.6 Å². The summed E-state index contributed by atoms with van der Waals surface area (Å²) in [5.74, 6) is -1.60. The molecule has 6 nitrogen and oxygen atoms in total. The standard InChI is InChI=1S/C21H18ClF2N3O3/c1-11-8-13(19(28)25-3)5-7-17(11)27-12(2)26-20(18(22)21(27)29)30-10-14-4-6-15(23)9-16(14)24/h4-9H,10H2,1-3H3,(H,25,28). The molecule has 1 N–H and O–H groups in total. The lowest BCUT2D eigenvalue weighted by atomic mass is 10.1. The van der Waals surface area contributed by atoms with E-state index < -0.39 is 17.2 Å². The average molecular weight is 434 g/mol. The van der Waals surface area contributed by atoms with E-state index in [0.29, 0.717) is 16.8 Å². The largest absolute Gasteiger partial charge is 0.471 e. The Morgan fingerprint density at radius 3 is 2.57 bits per heavy atom. The van der Waals surface area contributed by atoms with Crippen molar-refractivity contribution in [2.75, 3.05) is 7.05 Å². The molecule has 156 valence electrons. The van der Waals surface area contributed by atoms with Gasteiger partial charge < -0.3 is 10.1 Å². The fraction of sp³-hybridized carbons (Fsp3) is 0.190. The summed E-state index contributed by atoms with van der Waals surface area (Å²) in [5, 5.41) is 2.26. The molecule has 3 rings (SSSR count). The molecule has 0 aliphatic carbocycles. The fourth-order valence-electron chi connectivity index (χ4n) is 2.94. The quantitative estimate of drug-likeness (QED) is 0.665. The molecule has 1 amide bonds. The molecular formula is C21H18ClF2N3O3. The van der Waals surface area contributed by atoms with Crippen molar-refractivity contribution in [1.82, 2.24) is 14.9 Å². The Balaban J connectivity index is 1.95. The van der Waals surface area contributed by atoms with Crippen LogP contribution in [-0.2, 0) is 6.61 Å². The Hall–Kier alpha value is -3.26. The van der Waals surface area contributed by atoms with Gasteiger partial charge in [-0.1, -0.05) is 11.6 Å². The topological polar surface area (TPSA) is 73.2 Å². The molecule has 0 spiro atoms. The van der Waals surface area contributed by atoms with Gasteiger partial charge in [0.15, 0.2) is 5.02 Å². The van der Waals surface area contributed by atoms with Crippen LogP contribution < -0.4 is 15.6 Å². The molecule has 0 saturated heterocycles. The molecule has 0 atom stereocenters. The number of hydrogen-bond donors (Lipinski definition) is 1. The zero-order valence-electron chi connectivity index (χ0n) is 16.4. The van der Waals surface area contributed by atoms with E-state index in [9.17, 15) is 18.4 Å². The highest BCUT2D eigenvalue weighted by Crippen LogP contribution is 2.23. The molecular weight excluding hydrogens is 416 g/mol. The molecule has 0 fully saturated rings. The molecule has 0 aliphatic heterocycles. The van der Waals surface area contributed by atoms with Gasteiger partial charge in [0.25, 0.3) is 11.5 Å². The highest BCUT2D eigenvalue weighted by atomic mass is 35.5. The molecule has 0 bridgehead atoms. The third kappa shape index (κ3) is 4.18. The first kappa shape index (κ1) is 21.4. The number of benzene rings is 2. The van der Waals surface area contributed by atoms with Gasteiger partial charge in [0.05, 0.1) is 5.69 Å². The molecule has 3 aromatic rings. The van der Waals surface area contributed by atoms with E-state index in [-0.39, 0.29) is 34.8 Å². The monoisotopic (exact) mass is 433 g/mol. The Morgan fingerprint density at radius 2 is 1.93 bits per heavy atom. The number of rotatable bonds is 5. The lowest BCUT2D eigenvalue weighted by molar-refractivity contribution is 0.0963. The molecule has 1 heterocycles. The summed E-state index contributed by atoms with van der Waals surface area (Å²) < 4.78 is 33.5. The van der Waals surface area contributed by atoms with Crippen LogP contribution in [0.3, 0.4) is 0 Å². The zero-order chi connectivity index (χ0) is 22.0. The van der Waals surface area contributed by atoms with E-state index >= 15 is 0 Å². The van der Waals surface area contributed by atoms with Gasteiger partial charge in [0.2, 0.25) is 5.88 Å². The van der Waals surface area contributed by atoms with E-state index in [0.717, 1.165) is 12.1 Å². The lowest BCUT2D eigenvalue weighted by Gasteiger charge is -2.15. The number of hydrogen-bond acceptors (Lipinski definition) is 4. The van der Waals surface area contributed by atoms with Crippen LogP contribution in [0.25, 0.3) is 5.69 Å². The second-order valence-electron chi connectivity index (χ2n) is 6.52. The van der Waals surface area contributed by atoms with Crippen molar-refractivity contribution < 1.29 is 18.3 Å². The number of nitrogens with one attached hydrogen (secondary N) is 1. The van der Waals surface area contributed by atoms with Gasteiger partial charge in [-0.05, 0) is 49.7 Å². The van der Waals surface area contributed by atoms with Crippen molar-refractivity contribution in [2.45, 2.75) is 20.5 Å². The first-order valence-corrected chi connectivity index (χ1v) is 9.29. The molecule has 2 aromatic carbocycles. The number of ether oxygens (including phenoxy) is 1. The van der Waals surface area contributed by atoms with E-state index in [1.165, 1.54) is 17.7 Å². The third-order valence-corrected chi connectivity index (χ3v) is 4.80. The maximum atomic E-state index is 13.8. The number of carbonyl (C=O) groups excluding carboxylic acids is 1. The van der Waals surface area contributed by atoms with Crippen molar-refractivity contribution in [3.05, 3.63) is 85.9 Å². The minimum absolute atomic E-state index is 0.0942. The fourth-order valence-corrected chi connectivity index (χ4v) is 3.12. The number of carbonyl (C=O) groups is 1. The van der Waals surface area contributed by atoms with Crippen LogP contribution in [0.1, 0.15) is 27.3 Å². The number of halogens is 3. The normalized spacial score (nSPS) is 10.7. The van der Waals surface area contributed by atoms with Crippen LogP contribution in [0.15, 0.2) is 41.2 Å². The summed E-state index contributed by atoms with van der Waals surface area (Å²) in [5.41, 5.74) is 1.15. The summed E-state index contributed by atoms with van der Waals surface area (Å²) in [6.07, 6.45) is 0. The van der Waals surface area contributed by atoms with Crippen LogP contribution >= 0.6 is 11.6 Å². The maximum Gasteiger partial charge on any atom is 0.280 e. The van der Waals surface area contributed by atoms with Crippen LogP contribution in [-0.4, -0.2) is 22.5 Å². The zero-order valence-corrected chi connectivity index (χ0v) is 17.2.